The first-order valence-electron chi connectivity index (χ1n) is 6.94. The van der Waals surface area contributed by atoms with Crippen LogP contribution >= 0.6 is 0 Å². The first kappa shape index (κ1) is 18.2. The Bertz CT molecular complexity index is 786. The van der Waals surface area contributed by atoms with E-state index in [9.17, 15) is 25.1 Å². The van der Waals surface area contributed by atoms with Crippen molar-refractivity contribution in [1.29, 1.82) is 0 Å². The van der Waals surface area contributed by atoms with Gasteiger partial charge in [-0.25, -0.2) is 12.8 Å². The van der Waals surface area contributed by atoms with E-state index < -0.39 is 35.9 Å². The summed E-state index contributed by atoms with van der Waals surface area (Å²) in [6.07, 6.45) is 1.25. The third-order valence-electron chi connectivity index (χ3n) is 3.96. The zero-order chi connectivity index (χ0) is 17.4. The third-order valence-corrected chi connectivity index (χ3v) is 6.69. The number of nitrogens with zero attached hydrogens (tertiary/aromatic N) is 2. The number of benzene rings is 1. The Morgan fingerprint density at radius 1 is 1.13 bits per heavy atom. The third kappa shape index (κ3) is 3.87. The lowest BCUT2D eigenvalue weighted by Crippen LogP contribution is -2.44. The van der Waals surface area contributed by atoms with Gasteiger partial charge < -0.3 is 4.90 Å². The predicted octanol–water partition coefficient (Wildman–Crippen LogP) is 1.20. The number of piperidine rings is 1. The van der Waals surface area contributed by atoms with Gasteiger partial charge in [0.1, 0.15) is 10.7 Å². The molecule has 2 rings (SSSR count). The lowest BCUT2D eigenvalue weighted by atomic mass is 10.1. The molecule has 1 aliphatic heterocycles. The maximum Gasteiger partial charge on any atom is 0.335 e. The van der Waals surface area contributed by atoms with Crippen molar-refractivity contribution in [3.05, 3.63) is 24.0 Å². The molecule has 23 heavy (non-hydrogen) atoms. The van der Waals surface area contributed by atoms with E-state index in [1.54, 1.807) is 0 Å². The standard InChI is InChI=1S/C13H18F2N2O4S2/c1-16(2)10-5-7-17(8-6-10)23(20,21)11-3-4-12(14)13(9-11)22(15,18)19/h3-4,9-10H,5-8H2,1-2H3. The zero-order valence-electron chi connectivity index (χ0n) is 12.7. The molecule has 0 aliphatic carbocycles. The molecule has 6 nitrogen and oxygen atoms in total. The molecule has 1 aromatic rings. The van der Waals surface area contributed by atoms with E-state index in [4.69, 9.17) is 0 Å². The van der Waals surface area contributed by atoms with Gasteiger partial charge in [0.15, 0.2) is 0 Å². The van der Waals surface area contributed by atoms with Crippen molar-refractivity contribution in [3.8, 4) is 0 Å². The largest absolute Gasteiger partial charge is 0.335 e. The molecule has 1 aromatic carbocycles. The van der Waals surface area contributed by atoms with Crippen LogP contribution in [-0.2, 0) is 20.2 Å². The van der Waals surface area contributed by atoms with Crippen molar-refractivity contribution < 1.29 is 25.1 Å². The van der Waals surface area contributed by atoms with Crippen molar-refractivity contribution in [2.45, 2.75) is 28.7 Å². The molecule has 1 heterocycles. The lowest BCUT2D eigenvalue weighted by Gasteiger charge is -2.34. The second kappa shape index (κ2) is 6.42. The Hall–Kier alpha value is -1.10. The van der Waals surface area contributed by atoms with Gasteiger partial charge in [-0.05, 0) is 45.1 Å². The molecule has 0 spiro atoms. The Morgan fingerprint density at radius 3 is 2.17 bits per heavy atom. The molecular formula is C13H18F2N2O4S2. The number of hydrogen-bond acceptors (Lipinski definition) is 5. The molecule has 1 fully saturated rings. The van der Waals surface area contributed by atoms with Gasteiger partial charge in [-0.1, -0.05) is 0 Å². The fraction of sp³-hybridized carbons (Fsp3) is 0.538. The minimum Gasteiger partial charge on any atom is -0.306 e. The van der Waals surface area contributed by atoms with Crippen LogP contribution in [0.25, 0.3) is 0 Å². The van der Waals surface area contributed by atoms with Crippen LogP contribution < -0.4 is 0 Å². The minimum absolute atomic E-state index is 0.261. The highest BCUT2D eigenvalue weighted by molar-refractivity contribution is 7.89. The SMILES string of the molecule is CN(C)C1CCN(S(=O)(=O)c2ccc(F)c(S(=O)(=O)F)c2)CC1. The van der Waals surface area contributed by atoms with Crippen molar-refractivity contribution in [2.24, 2.45) is 0 Å². The van der Waals surface area contributed by atoms with Crippen molar-refractivity contribution in [1.82, 2.24) is 9.21 Å². The van der Waals surface area contributed by atoms with Crippen molar-refractivity contribution in [3.63, 3.8) is 0 Å². The molecule has 0 bridgehead atoms. The molecule has 10 heteroatoms. The number of hydrogen-bond donors (Lipinski definition) is 0. The van der Waals surface area contributed by atoms with Gasteiger partial charge in [0, 0.05) is 19.1 Å². The van der Waals surface area contributed by atoms with Crippen LogP contribution in [-0.4, -0.2) is 59.3 Å². The Morgan fingerprint density at radius 2 is 1.70 bits per heavy atom. The Labute approximate surface area is 135 Å². The molecule has 0 radical (unpaired) electrons. The van der Waals surface area contributed by atoms with Crippen LogP contribution in [0.1, 0.15) is 12.8 Å². The zero-order valence-corrected chi connectivity index (χ0v) is 14.4. The molecule has 0 saturated carbocycles. The summed E-state index contributed by atoms with van der Waals surface area (Å²) in [6, 6.07) is 2.37. The first-order valence-corrected chi connectivity index (χ1v) is 9.76. The van der Waals surface area contributed by atoms with Crippen LogP contribution in [0.3, 0.4) is 0 Å². The van der Waals surface area contributed by atoms with E-state index in [1.807, 2.05) is 19.0 Å². The van der Waals surface area contributed by atoms with E-state index in [1.165, 1.54) is 4.31 Å². The number of sulfonamides is 1. The first-order chi connectivity index (χ1) is 10.5. The fourth-order valence-corrected chi connectivity index (χ4v) is 4.72. The quantitative estimate of drug-likeness (QED) is 0.747. The maximum absolute atomic E-state index is 13.4. The summed E-state index contributed by atoms with van der Waals surface area (Å²) in [5, 5.41) is 0. The molecule has 130 valence electrons. The molecular weight excluding hydrogens is 350 g/mol. The van der Waals surface area contributed by atoms with E-state index in [0.717, 1.165) is 6.07 Å². The average molecular weight is 368 g/mol. The van der Waals surface area contributed by atoms with Gasteiger partial charge in [0.05, 0.1) is 4.90 Å². The second-order valence-corrected chi connectivity index (χ2v) is 8.88. The summed E-state index contributed by atoms with van der Waals surface area (Å²) in [5.41, 5.74) is 0. The molecule has 0 aromatic heterocycles. The number of halogens is 2. The van der Waals surface area contributed by atoms with Gasteiger partial charge >= 0.3 is 10.2 Å². The summed E-state index contributed by atoms with van der Waals surface area (Å²) in [4.78, 5) is 0.315. The fourth-order valence-electron chi connectivity index (χ4n) is 2.58. The number of rotatable bonds is 4. The van der Waals surface area contributed by atoms with Crippen LogP contribution in [0.2, 0.25) is 0 Å². The average Bonchev–Trinajstić information content (AvgIpc) is 2.46. The van der Waals surface area contributed by atoms with Crippen LogP contribution in [0, 0.1) is 5.82 Å². The smallest absolute Gasteiger partial charge is 0.306 e. The molecule has 0 N–H and O–H groups in total. The molecule has 0 atom stereocenters. The van der Waals surface area contributed by atoms with Crippen LogP contribution in [0.15, 0.2) is 28.0 Å². The monoisotopic (exact) mass is 368 g/mol. The summed E-state index contributed by atoms with van der Waals surface area (Å²) < 4.78 is 74.5. The topological polar surface area (TPSA) is 74.8 Å². The van der Waals surface area contributed by atoms with E-state index in [2.05, 4.69) is 0 Å². The van der Waals surface area contributed by atoms with Gasteiger partial charge in [0.2, 0.25) is 10.0 Å². The highest BCUT2D eigenvalue weighted by atomic mass is 32.3. The van der Waals surface area contributed by atoms with Gasteiger partial charge in [0.25, 0.3) is 0 Å². The minimum atomic E-state index is -5.33. The Kier molecular flexibility index (Phi) is 5.09. The summed E-state index contributed by atoms with van der Waals surface area (Å²) in [6.45, 7) is 0.528. The van der Waals surface area contributed by atoms with Crippen LogP contribution in [0.5, 0.6) is 0 Å². The maximum atomic E-state index is 13.4. The second-order valence-electron chi connectivity index (χ2n) is 5.63. The summed E-state index contributed by atoms with van der Waals surface area (Å²) in [7, 11) is -5.51. The molecule has 0 unspecified atom stereocenters. The molecule has 1 aliphatic rings. The van der Waals surface area contributed by atoms with Gasteiger partial charge in [-0.3, -0.25) is 0 Å². The molecule has 0 amide bonds. The van der Waals surface area contributed by atoms with Gasteiger partial charge in [-0.15, -0.1) is 3.89 Å². The van der Waals surface area contributed by atoms with E-state index >= 15 is 0 Å². The van der Waals surface area contributed by atoms with Gasteiger partial charge in [-0.2, -0.15) is 12.7 Å². The molecule has 1 saturated heterocycles. The predicted molar refractivity (Wildman–Crippen MR) is 80.2 cm³/mol. The van der Waals surface area contributed by atoms with E-state index in [-0.39, 0.29) is 19.1 Å². The highest BCUT2D eigenvalue weighted by Gasteiger charge is 2.31. The summed E-state index contributed by atoms with van der Waals surface area (Å²) in [5.74, 6) is -1.32. The van der Waals surface area contributed by atoms with Crippen molar-refractivity contribution >= 4 is 20.2 Å². The lowest BCUT2D eigenvalue weighted by molar-refractivity contribution is 0.196. The Balaban J connectivity index is 2.31. The van der Waals surface area contributed by atoms with E-state index in [0.29, 0.717) is 25.0 Å². The van der Waals surface area contributed by atoms with Crippen LogP contribution in [0.4, 0.5) is 8.28 Å². The normalized spacial score (nSPS) is 18.5. The summed E-state index contributed by atoms with van der Waals surface area (Å²) >= 11 is 0. The highest BCUT2D eigenvalue weighted by Crippen LogP contribution is 2.26. The van der Waals surface area contributed by atoms with Crippen molar-refractivity contribution in [2.75, 3.05) is 27.2 Å².